The molecular formula is C22H23N7OS. The van der Waals surface area contributed by atoms with Crippen LogP contribution < -0.4 is 5.32 Å². The molecule has 0 atom stereocenters. The van der Waals surface area contributed by atoms with Crippen LogP contribution in [0.4, 0.5) is 11.6 Å². The van der Waals surface area contributed by atoms with E-state index in [1.54, 1.807) is 22.7 Å². The molecule has 3 heterocycles. The van der Waals surface area contributed by atoms with Crippen molar-refractivity contribution in [2.45, 2.75) is 19.9 Å². The van der Waals surface area contributed by atoms with Gasteiger partial charge in [-0.1, -0.05) is 6.07 Å². The van der Waals surface area contributed by atoms with Gasteiger partial charge < -0.3 is 10.2 Å². The van der Waals surface area contributed by atoms with Gasteiger partial charge in [0.2, 0.25) is 11.9 Å². The van der Waals surface area contributed by atoms with Gasteiger partial charge in [0.1, 0.15) is 16.6 Å². The number of nitrogens with zero attached hydrogens (tertiary/aromatic N) is 6. The van der Waals surface area contributed by atoms with E-state index in [1.807, 2.05) is 13.1 Å². The molecule has 1 aromatic carbocycles. The summed E-state index contributed by atoms with van der Waals surface area (Å²) in [5.74, 6) is 0.652. The molecule has 8 nitrogen and oxygen atoms in total. The van der Waals surface area contributed by atoms with Crippen LogP contribution in [-0.2, 0) is 11.3 Å². The average molecular weight is 434 g/mol. The smallest absolute Gasteiger partial charge is 0.227 e. The summed E-state index contributed by atoms with van der Waals surface area (Å²) >= 11 is 1.29. The van der Waals surface area contributed by atoms with Gasteiger partial charge in [-0.15, -0.1) is 11.3 Å². The Hall–Kier alpha value is -3.35. The number of carbonyl (C=O) groups is 1. The van der Waals surface area contributed by atoms with Crippen molar-refractivity contribution in [1.29, 1.82) is 5.26 Å². The molecule has 3 aromatic rings. The molecule has 0 bridgehead atoms. The number of aryl methyl sites for hydroxylation is 1. The van der Waals surface area contributed by atoms with Gasteiger partial charge in [0.15, 0.2) is 0 Å². The van der Waals surface area contributed by atoms with Crippen LogP contribution >= 0.6 is 11.3 Å². The van der Waals surface area contributed by atoms with E-state index in [0.717, 1.165) is 37.4 Å². The number of nitriles is 1. The Balaban J connectivity index is 1.51. The molecule has 158 valence electrons. The second-order valence-electron chi connectivity index (χ2n) is 7.58. The Morgan fingerprint density at radius 3 is 2.94 bits per heavy atom. The summed E-state index contributed by atoms with van der Waals surface area (Å²) in [4.78, 5) is 29.7. The monoisotopic (exact) mass is 433 g/mol. The minimum absolute atomic E-state index is 0.200. The molecular weight excluding hydrogens is 410 g/mol. The van der Waals surface area contributed by atoms with E-state index in [4.69, 9.17) is 0 Å². The van der Waals surface area contributed by atoms with Crippen molar-refractivity contribution in [3.63, 3.8) is 0 Å². The number of carbonyl (C=O) groups excluding carboxylic acids is 1. The Kier molecular flexibility index (Phi) is 6.21. The van der Waals surface area contributed by atoms with Crippen LogP contribution in [0.3, 0.4) is 0 Å². The Labute approximate surface area is 185 Å². The van der Waals surface area contributed by atoms with Crippen molar-refractivity contribution in [2.75, 3.05) is 32.0 Å². The number of aromatic nitrogens is 3. The predicted molar refractivity (Wildman–Crippen MR) is 120 cm³/mol. The average Bonchev–Trinajstić information content (AvgIpc) is 3.18. The van der Waals surface area contributed by atoms with Gasteiger partial charge in [-0.25, -0.2) is 15.0 Å². The molecule has 1 aliphatic rings. The van der Waals surface area contributed by atoms with Crippen molar-refractivity contribution in [1.82, 2.24) is 24.8 Å². The van der Waals surface area contributed by atoms with Crippen LogP contribution in [0.15, 0.2) is 36.0 Å². The first-order valence-electron chi connectivity index (χ1n) is 10.0. The molecule has 1 N–H and O–H groups in total. The minimum atomic E-state index is 0.200. The molecule has 0 saturated carbocycles. The summed E-state index contributed by atoms with van der Waals surface area (Å²) in [6, 6.07) is 10.2. The van der Waals surface area contributed by atoms with Gasteiger partial charge in [0, 0.05) is 51.5 Å². The maximum absolute atomic E-state index is 11.9. The van der Waals surface area contributed by atoms with Crippen molar-refractivity contribution >= 4 is 28.9 Å². The standard InChI is InChI=1S/C22H23N7OS/c1-15-9-16(13-29-6-4-20(30)28(2)7-8-29)11-17(10-15)26-22-24-5-3-18(27-22)21-19(12-23)31-14-25-21/h3,5,9-11,14H,4,6-8,13H2,1-2H3,(H,24,26,27). The quantitative estimate of drug-likeness (QED) is 0.660. The fraction of sp³-hybridized carbons (Fsp3) is 0.318. The summed E-state index contributed by atoms with van der Waals surface area (Å²) < 4.78 is 0. The molecule has 0 aliphatic carbocycles. The topological polar surface area (TPSA) is 98.0 Å². The fourth-order valence-corrected chi connectivity index (χ4v) is 4.19. The number of anilines is 2. The van der Waals surface area contributed by atoms with E-state index in [9.17, 15) is 10.1 Å². The van der Waals surface area contributed by atoms with E-state index in [2.05, 4.69) is 50.3 Å². The van der Waals surface area contributed by atoms with E-state index < -0.39 is 0 Å². The van der Waals surface area contributed by atoms with Gasteiger partial charge in [-0.2, -0.15) is 5.26 Å². The Morgan fingerprint density at radius 1 is 1.23 bits per heavy atom. The zero-order valence-electron chi connectivity index (χ0n) is 17.5. The minimum Gasteiger partial charge on any atom is -0.344 e. The number of thiazole rings is 1. The van der Waals surface area contributed by atoms with Crippen molar-refractivity contribution < 1.29 is 4.79 Å². The number of rotatable bonds is 5. The molecule has 9 heteroatoms. The maximum atomic E-state index is 11.9. The third-order valence-electron chi connectivity index (χ3n) is 5.19. The molecule has 4 rings (SSSR count). The van der Waals surface area contributed by atoms with Gasteiger partial charge in [0.05, 0.1) is 11.2 Å². The van der Waals surface area contributed by atoms with Crippen LogP contribution in [0.1, 0.15) is 22.4 Å². The van der Waals surface area contributed by atoms with Crippen LogP contribution in [0.25, 0.3) is 11.4 Å². The third-order valence-corrected chi connectivity index (χ3v) is 5.92. The van der Waals surface area contributed by atoms with E-state index in [0.29, 0.717) is 28.6 Å². The highest BCUT2D eigenvalue weighted by atomic mass is 32.1. The summed E-state index contributed by atoms with van der Waals surface area (Å²) in [5, 5.41) is 12.5. The largest absolute Gasteiger partial charge is 0.344 e. The second-order valence-corrected chi connectivity index (χ2v) is 8.44. The van der Waals surface area contributed by atoms with Crippen LogP contribution in [0.5, 0.6) is 0 Å². The maximum Gasteiger partial charge on any atom is 0.227 e. The van der Waals surface area contributed by atoms with Crippen LogP contribution in [0.2, 0.25) is 0 Å². The Bertz CT molecular complexity index is 1140. The van der Waals surface area contributed by atoms with Gasteiger partial charge in [-0.05, 0) is 36.2 Å². The lowest BCUT2D eigenvalue weighted by Gasteiger charge is -2.20. The molecule has 31 heavy (non-hydrogen) atoms. The molecule has 0 unspecified atom stereocenters. The lowest BCUT2D eigenvalue weighted by molar-refractivity contribution is -0.129. The number of amides is 1. The van der Waals surface area contributed by atoms with Crippen LogP contribution in [-0.4, -0.2) is 57.3 Å². The van der Waals surface area contributed by atoms with Crippen LogP contribution in [0, 0.1) is 18.3 Å². The molecule has 1 amide bonds. The Morgan fingerprint density at radius 2 is 2.10 bits per heavy atom. The molecule has 2 aromatic heterocycles. The number of hydrogen-bond acceptors (Lipinski definition) is 8. The fourth-order valence-electron chi connectivity index (χ4n) is 3.60. The highest BCUT2D eigenvalue weighted by molar-refractivity contribution is 7.10. The first-order valence-corrected chi connectivity index (χ1v) is 10.9. The SMILES string of the molecule is Cc1cc(CN2CCC(=O)N(C)CC2)cc(Nc2nccc(-c3ncsc3C#N)n2)c1. The third kappa shape index (κ3) is 5.05. The van der Waals surface area contributed by atoms with E-state index in [-0.39, 0.29) is 5.91 Å². The van der Waals surface area contributed by atoms with E-state index in [1.165, 1.54) is 16.9 Å². The van der Waals surface area contributed by atoms with Crippen molar-refractivity contribution in [2.24, 2.45) is 0 Å². The summed E-state index contributed by atoms with van der Waals surface area (Å²) in [5.41, 5.74) is 6.02. The number of likely N-dealkylation sites (N-methyl/N-ethyl adjacent to an activating group) is 1. The molecule has 1 aliphatic heterocycles. The zero-order valence-corrected chi connectivity index (χ0v) is 18.3. The van der Waals surface area contributed by atoms with Gasteiger partial charge in [-0.3, -0.25) is 9.69 Å². The second kappa shape index (κ2) is 9.20. The lowest BCUT2D eigenvalue weighted by atomic mass is 10.1. The lowest BCUT2D eigenvalue weighted by Crippen LogP contribution is -2.29. The molecule has 0 spiro atoms. The highest BCUT2D eigenvalue weighted by Gasteiger charge is 2.18. The zero-order chi connectivity index (χ0) is 21.8. The normalized spacial score (nSPS) is 14.9. The summed E-state index contributed by atoms with van der Waals surface area (Å²) in [6.07, 6.45) is 2.21. The van der Waals surface area contributed by atoms with E-state index >= 15 is 0 Å². The molecule has 1 saturated heterocycles. The van der Waals surface area contributed by atoms with Crippen molar-refractivity contribution in [3.8, 4) is 17.5 Å². The number of nitrogens with one attached hydrogen (secondary N) is 1. The highest BCUT2D eigenvalue weighted by Crippen LogP contribution is 2.25. The van der Waals surface area contributed by atoms with Gasteiger partial charge in [0.25, 0.3) is 0 Å². The number of benzene rings is 1. The first-order chi connectivity index (χ1) is 15.0. The summed E-state index contributed by atoms with van der Waals surface area (Å²) in [6.45, 7) is 5.21. The number of hydrogen-bond donors (Lipinski definition) is 1. The van der Waals surface area contributed by atoms with Gasteiger partial charge >= 0.3 is 0 Å². The first kappa shape index (κ1) is 20.9. The molecule has 1 fully saturated rings. The van der Waals surface area contributed by atoms with Crippen molar-refractivity contribution in [3.05, 3.63) is 52.0 Å². The predicted octanol–water partition coefficient (Wildman–Crippen LogP) is 3.19. The molecule has 0 radical (unpaired) electrons. The summed E-state index contributed by atoms with van der Waals surface area (Å²) in [7, 11) is 1.86.